The Morgan fingerprint density at radius 3 is 2.50 bits per heavy atom. The first kappa shape index (κ1) is 7.95. The molecule has 3 heteroatoms. The van der Waals surface area contributed by atoms with Gasteiger partial charge in [-0.3, -0.25) is 0 Å². The van der Waals surface area contributed by atoms with Crippen LogP contribution in [0.4, 0.5) is 0 Å². The Balaban J connectivity index is 2.45. The molecule has 1 aromatic carbocycles. The Labute approximate surface area is 83.4 Å². The zero-order valence-corrected chi connectivity index (χ0v) is 8.60. The summed E-state index contributed by atoms with van der Waals surface area (Å²) in [5.41, 5.74) is 1.22. The second-order valence-electron chi connectivity index (χ2n) is 2.38. The van der Waals surface area contributed by atoms with Crippen molar-refractivity contribution in [2.24, 2.45) is 0 Å². The molecule has 1 aromatic heterocycles. The van der Waals surface area contributed by atoms with E-state index in [1.807, 2.05) is 24.3 Å². The minimum atomic E-state index is 0.909. The molecular formula is C9H6BrNS. The van der Waals surface area contributed by atoms with Gasteiger partial charge in [0, 0.05) is 0 Å². The van der Waals surface area contributed by atoms with Gasteiger partial charge >= 0.3 is 0 Å². The second kappa shape index (κ2) is 3.37. The first-order valence-electron chi connectivity index (χ1n) is 3.54. The Morgan fingerprint density at radius 2 is 1.92 bits per heavy atom. The Morgan fingerprint density at radius 1 is 1.17 bits per heavy atom. The van der Waals surface area contributed by atoms with E-state index in [4.69, 9.17) is 0 Å². The molecule has 2 aromatic rings. The van der Waals surface area contributed by atoms with Gasteiger partial charge in [-0.25, -0.2) is 0 Å². The molecule has 0 saturated heterocycles. The van der Waals surface area contributed by atoms with E-state index in [-0.39, 0.29) is 0 Å². The van der Waals surface area contributed by atoms with E-state index in [1.165, 1.54) is 22.0 Å². The van der Waals surface area contributed by atoms with Crippen molar-refractivity contribution in [3.63, 3.8) is 0 Å². The van der Waals surface area contributed by atoms with Crippen LogP contribution in [0.1, 0.15) is 0 Å². The number of aromatic nitrogens is 1. The summed E-state index contributed by atoms with van der Waals surface area (Å²) >= 11 is 4.83. The van der Waals surface area contributed by atoms with E-state index >= 15 is 0 Å². The maximum atomic E-state index is 4.15. The van der Waals surface area contributed by atoms with Crippen LogP contribution < -0.4 is 0 Å². The van der Waals surface area contributed by atoms with Crippen LogP contribution in [0.5, 0.6) is 0 Å². The topological polar surface area (TPSA) is 12.9 Å². The zero-order chi connectivity index (χ0) is 8.39. The van der Waals surface area contributed by atoms with Crippen molar-refractivity contribution in [3.05, 3.63) is 41.0 Å². The number of benzene rings is 1. The number of nitrogens with zero attached hydrogens (tertiary/aromatic N) is 1. The van der Waals surface area contributed by atoms with Gasteiger partial charge in [0.25, 0.3) is 0 Å². The maximum absolute atomic E-state index is 4.15. The van der Waals surface area contributed by atoms with E-state index in [0.717, 1.165) is 4.60 Å². The summed E-state index contributed by atoms with van der Waals surface area (Å²) in [7, 11) is 0. The smallest absolute Gasteiger partial charge is 0.120 e. The molecule has 0 saturated carbocycles. The van der Waals surface area contributed by atoms with E-state index < -0.39 is 0 Å². The number of halogens is 1. The van der Waals surface area contributed by atoms with E-state index in [0.29, 0.717) is 0 Å². The average Bonchev–Trinajstić information content (AvgIpc) is 2.54. The lowest BCUT2D eigenvalue weighted by molar-refractivity contribution is 1.50. The maximum Gasteiger partial charge on any atom is 0.120 e. The molecule has 60 valence electrons. The fourth-order valence-electron chi connectivity index (χ4n) is 0.992. The molecule has 0 aliphatic rings. The summed E-state index contributed by atoms with van der Waals surface area (Å²) in [5, 5.41) is 0. The van der Waals surface area contributed by atoms with Crippen molar-refractivity contribution >= 4 is 27.5 Å². The first-order valence-corrected chi connectivity index (χ1v) is 5.10. The minimum Gasteiger partial charge on any atom is -0.185 e. The van der Waals surface area contributed by atoms with Crippen LogP contribution in [0.25, 0.3) is 10.4 Å². The molecule has 0 radical (unpaired) electrons. The molecule has 2 rings (SSSR count). The molecule has 1 heterocycles. The monoisotopic (exact) mass is 239 g/mol. The summed E-state index contributed by atoms with van der Waals surface area (Å²) in [6.07, 6.45) is 0. The zero-order valence-electron chi connectivity index (χ0n) is 6.20. The van der Waals surface area contributed by atoms with Crippen molar-refractivity contribution in [1.29, 1.82) is 0 Å². The highest BCUT2D eigenvalue weighted by molar-refractivity contribution is 9.10. The standard InChI is InChI=1S/C9H6BrNS/c10-9-6-8(12-11-9)7-4-2-1-3-5-7/h1-6H. The highest BCUT2D eigenvalue weighted by atomic mass is 79.9. The van der Waals surface area contributed by atoms with Gasteiger partial charge in [0.2, 0.25) is 0 Å². The van der Waals surface area contributed by atoms with Gasteiger partial charge in [-0.05, 0) is 39.1 Å². The third-order valence-corrected chi connectivity index (χ3v) is 3.02. The number of hydrogen-bond donors (Lipinski definition) is 0. The predicted molar refractivity (Wildman–Crippen MR) is 55.3 cm³/mol. The predicted octanol–water partition coefficient (Wildman–Crippen LogP) is 3.57. The SMILES string of the molecule is Brc1cc(-c2ccccc2)sn1. The van der Waals surface area contributed by atoms with Crippen LogP contribution in [0, 0.1) is 0 Å². The van der Waals surface area contributed by atoms with Crippen molar-refractivity contribution in [2.45, 2.75) is 0 Å². The highest BCUT2D eigenvalue weighted by Crippen LogP contribution is 2.26. The Bertz CT molecular complexity index is 369. The van der Waals surface area contributed by atoms with Crippen LogP contribution >= 0.6 is 27.5 Å². The highest BCUT2D eigenvalue weighted by Gasteiger charge is 2.00. The molecule has 12 heavy (non-hydrogen) atoms. The van der Waals surface area contributed by atoms with Gasteiger partial charge in [0.15, 0.2) is 0 Å². The van der Waals surface area contributed by atoms with Crippen molar-refractivity contribution < 1.29 is 0 Å². The molecule has 0 aliphatic heterocycles. The fourth-order valence-corrected chi connectivity index (χ4v) is 2.23. The summed E-state index contributed by atoms with van der Waals surface area (Å²) in [6, 6.07) is 12.3. The third kappa shape index (κ3) is 1.57. The molecule has 0 atom stereocenters. The van der Waals surface area contributed by atoms with Crippen LogP contribution in [0.3, 0.4) is 0 Å². The minimum absolute atomic E-state index is 0.909. The van der Waals surface area contributed by atoms with Gasteiger partial charge < -0.3 is 0 Å². The normalized spacial score (nSPS) is 10.1. The molecule has 0 aliphatic carbocycles. The fraction of sp³-hybridized carbons (Fsp3) is 0. The Kier molecular flexibility index (Phi) is 2.23. The lowest BCUT2D eigenvalue weighted by Crippen LogP contribution is -1.67. The second-order valence-corrected chi connectivity index (χ2v) is 4.00. The van der Waals surface area contributed by atoms with Crippen LogP contribution in [0.15, 0.2) is 41.0 Å². The molecular weight excluding hydrogens is 234 g/mol. The van der Waals surface area contributed by atoms with Gasteiger partial charge in [0.05, 0.1) is 4.88 Å². The summed E-state index contributed by atoms with van der Waals surface area (Å²) in [5.74, 6) is 0. The quantitative estimate of drug-likeness (QED) is 0.742. The van der Waals surface area contributed by atoms with Crippen molar-refractivity contribution in [1.82, 2.24) is 4.37 Å². The molecule has 0 spiro atoms. The molecule has 0 bridgehead atoms. The summed E-state index contributed by atoms with van der Waals surface area (Å²) in [4.78, 5) is 1.20. The van der Waals surface area contributed by atoms with Crippen LogP contribution in [-0.4, -0.2) is 4.37 Å². The van der Waals surface area contributed by atoms with E-state index in [9.17, 15) is 0 Å². The van der Waals surface area contributed by atoms with Crippen molar-refractivity contribution in [2.75, 3.05) is 0 Å². The lowest BCUT2D eigenvalue weighted by Gasteiger charge is -1.92. The van der Waals surface area contributed by atoms with Gasteiger partial charge in [-0.15, -0.1) is 0 Å². The summed E-state index contributed by atoms with van der Waals surface area (Å²) < 4.78 is 5.06. The van der Waals surface area contributed by atoms with E-state index in [2.05, 4.69) is 32.4 Å². The first-order chi connectivity index (χ1) is 5.86. The van der Waals surface area contributed by atoms with Gasteiger partial charge in [-0.2, -0.15) is 4.37 Å². The van der Waals surface area contributed by atoms with Gasteiger partial charge in [0.1, 0.15) is 4.60 Å². The largest absolute Gasteiger partial charge is 0.185 e. The lowest BCUT2D eigenvalue weighted by atomic mass is 10.2. The van der Waals surface area contributed by atoms with Gasteiger partial charge in [-0.1, -0.05) is 30.3 Å². The average molecular weight is 240 g/mol. The molecule has 0 fully saturated rings. The summed E-state index contributed by atoms with van der Waals surface area (Å²) in [6.45, 7) is 0. The molecule has 0 N–H and O–H groups in total. The van der Waals surface area contributed by atoms with E-state index in [1.54, 1.807) is 0 Å². The number of rotatable bonds is 1. The Hall–Kier alpha value is -0.670. The molecule has 1 nitrogen and oxygen atoms in total. The number of hydrogen-bond acceptors (Lipinski definition) is 2. The van der Waals surface area contributed by atoms with Crippen molar-refractivity contribution in [3.8, 4) is 10.4 Å². The molecule has 0 unspecified atom stereocenters. The van der Waals surface area contributed by atoms with Crippen LogP contribution in [-0.2, 0) is 0 Å². The van der Waals surface area contributed by atoms with Crippen LogP contribution in [0.2, 0.25) is 0 Å². The molecule has 0 amide bonds. The third-order valence-electron chi connectivity index (χ3n) is 1.54.